The van der Waals surface area contributed by atoms with Crippen molar-refractivity contribution in [1.29, 1.82) is 5.26 Å². The maximum atomic E-state index is 9.29. The van der Waals surface area contributed by atoms with Crippen LogP contribution in [0.1, 0.15) is 50.8 Å². The third kappa shape index (κ3) is 3.20. The molecule has 0 aliphatic carbocycles. The van der Waals surface area contributed by atoms with Crippen LogP contribution in [0.2, 0.25) is 0 Å². The van der Waals surface area contributed by atoms with Gasteiger partial charge in [-0.2, -0.15) is 5.26 Å². The molecule has 1 aliphatic heterocycles. The lowest BCUT2D eigenvalue weighted by Gasteiger charge is -2.47. The number of benzene rings is 1. The average molecular weight is 287 g/mol. The van der Waals surface area contributed by atoms with E-state index in [4.69, 9.17) is 10.5 Å². The molecule has 1 aliphatic rings. The van der Waals surface area contributed by atoms with E-state index in [1.165, 1.54) is 0 Å². The molecule has 0 saturated carbocycles. The summed E-state index contributed by atoms with van der Waals surface area (Å²) < 4.78 is 5.23. The summed E-state index contributed by atoms with van der Waals surface area (Å²) in [6.07, 6.45) is 2.14. The first-order valence-electron chi connectivity index (χ1n) is 7.49. The van der Waals surface area contributed by atoms with Crippen molar-refractivity contribution in [3.8, 4) is 11.8 Å². The van der Waals surface area contributed by atoms with Crippen molar-refractivity contribution in [3.05, 3.63) is 29.3 Å². The molecule has 2 unspecified atom stereocenters. The molecule has 0 radical (unpaired) electrons. The van der Waals surface area contributed by atoms with Crippen LogP contribution in [-0.2, 0) is 0 Å². The molecule has 0 bridgehead atoms. The highest BCUT2D eigenvalue weighted by Crippen LogP contribution is 2.36. The van der Waals surface area contributed by atoms with Crippen molar-refractivity contribution in [2.45, 2.75) is 51.2 Å². The van der Waals surface area contributed by atoms with E-state index < -0.39 is 0 Å². The van der Waals surface area contributed by atoms with E-state index in [1.807, 2.05) is 18.2 Å². The lowest BCUT2D eigenvalue weighted by atomic mass is 9.86. The van der Waals surface area contributed by atoms with Gasteiger partial charge in [-0.15, -0.1) is 0 Å². The van der Waals surface area contributed by atoms with Gasteiger partial charge in [-0.05, 0) is 57.9 Å². The third-order valence-electron chi connectivity index (χ3n) is 4.22. The molecule has 1 aromatic carbocycles. The van der Waals surface area contributed by atoms with Gasteiger partial charge >= 0.3 is 0 Å². The van der Waals surface area contributed by atoms with E-state index in [1.54, 1.807) is 7.11 Å². The van der Waals surface area contributed by atoms with Crippen LogP contribution < -0.4 is 10.5 Å². The summed E-state index contributed by atoms with van der Waals surface area (Å²) in [6, 6.07) is 8.29. The van der Waals surface area contributed by atoms with Gasteiger partial charge in [0.15, 0.2) is 0 Å². The summed E-state index contributed by atoms with van der Waals surface area (Å²) in [6.45, 7) is 7.68. The zero-order chi connectivity index (χ0) is 15.6. The third-order valence-corrected chi connectivity index (χ3v) is 4.22. The number of hydrogen-bond acceptors (Lipinski definition) is 4. The summed E-state index contributed by atoms with van der Waals surface area (Å²) in [5.41, 5.74) is 8.13. The van der Waals surface area contributed by atoms with Crippen molar-refractivity contribution in [2.24, 2.45) is 5.73 Å². The van der Waals surface area contributed by atoms with Gasteiger partial charge in [0, 0.05) is 11.6 Å². The van der Waals surface area contributed by atoms with Gasteiger partial charge in [0.1, 0.15) is 11.8 Å². The summed E-state index contributed by atoms with van der Waals surface area (Å²) in [5.74, 6) is 0.618. The Bertz CT molecular complexity index is 542. The van der Waals surface area contributed by atoms with Crippen LogP contribution in [0.3, 0.4) is 0 Å². The molecule has 4 heteroatoms. The van der Waals surface area contributed by atoms with Crippen LogP contribution in [0.5, 0.6) is 5.75 Å². The zero-order valence-electron chi connectivity index (χ0n) is 13.4. The molecular formula is C17H25N3O. The molecule has 21 heavy (non-hydrogen) atoms. The lowest BCUT2D eigenvalue weighted by Crippen LogP contribution is -2.53. The van der Waals surface area contributed by atoms with Crippen LogP contribution in [0.4, 0.5) is 0 Å². The molecule has 2 N–H and O–H groups in total. The maximum absolute atomic E-state index is 9.29. The van der Waals surface area contributed by atoms with Gasteiger partial charge in [-0.1, -0.05) is 6.07 Å². The van der Waals surface area contributed by atoms with Crippen molar-refractivity contribution in [2.75, 3.05) is 13.7 Å². The number of likely N-dealkylation sites (tertiary alicyclic amines) is 1. The Morgan fingerprint density at radius 2 is 2.10 bits per heavy atom. The highest BCUT2D eigenvalue weighted by Gasteiger charge is 2.36. The SMILES string of the molecule is COc1ccc(C2C(N)CCCN2C(C)(C)C)cc1C#N. The summed E-state index contributed by atoms with van der Waals surface area (Å²) >= 11 is 0. The monoisotopic (exact) mass is 287 g/mol. The van der Waals surface area contributed by atoms with Crippen molar-refractivity contribution in [3.63, 3.8) is 0 Å². The molecule has 1 aromatic rings. The largest absolute Gasteiger partial charge is 0.495 e. The van der Waals surface area contributed by atoms with Crippen LogP contribution in [0.15, 0.2) is 18.2 Å². The number of hydrogen-bond donors (Lipinski definition) is 1. The second kappa shape index (κ2) is 6.05. The summed E-state index contributed by atoms with van der Waals surface area (Å²) in [5, 5.41) is 9.29. The van der Waals surface area contributed by atoms with E-state index in [0.29, 0.717) is 11.3 Å². The molecule has 114 valence electrons. The zero-order valence-corrected chi connectivity index (χ0v) is 13.4. The summed E-state index contributed by atoms with van der Waals surface area (Å²) in [4.78, 5) is 2.45. The Balaban J connectivity index is 2.43. The van der Waals surface area contributed by atoms with Crippen molar-refractivity contribution in [1.82, 2.24) is 4.90 Å². The Kier molecular flexibility index (Phi) is 4.55. The van der Waals surface area contributed by atoms with Crippen LogP contribution in [0.25, 0.3) is 0 Å². The Labute approximate surface area is 127 Å². The van der Waals surface area contributed by atoms with Crippen LogP contribution >= 0.6 is 0 Å². The molecule has 0 amide bonds. The smallest absolute Gasteiger partial charge is 0.136 e. The topological polar surface area (TPSA) is 62.3 Å². The molecule has 4 nitrogen and oxygen atoms in total. The lowest BCUT2D eigenvalue weighted by molar-refractivity contribution is 0.0384. The molecule has 1 heterocycles. The number of nitriles is 1. The number of rotatable bonds is 2. The standard InChI is InChI=1S/C17H25N3O/c1-17(2,3)20-9-5-6-14(19)16(20)12-7-8-15(21-4)13(10-12)11-18/h7-8,10,14,16H,5-6,9,19H2,1-4H3. The maximum Gasteiger partial charge on any atom is 0.136 e. The van der Waals surface area contributed by atoms with E-state index >= 15 is 0 Å². The van der Waals surface area contributed by atoms with Crippen LogP contribution in [-0.4, -0.2) is 30.1 Å². The molecular weight excluding hydrogens is 262 g/mol. The minimum Gasteiger partial charge on any atom is -0.495 e. The Morgan fingerprint density at radius 3 is 2.67 bits per heavy atom. The van der Waals surface area contributed by atoms with Gasteiger partial charge in [0.2, 0.25) is 0 Å². The quantitative estimate of drug-likeness (QED) is 0.908. The predicted molar refractivity (Wildman–Crippen MR) is 84.1 cm³/mol. The van der Waals surface area contributed by atoms with Crippen molar-refractivity contribution < 1.29 is 4.74 Å². The number of nitrogens with zero attached hydrogens (tertiary/aromatic N) is 2. The first-order chi connectivity index (χ1) is 9.88. The number of ether oxygens (including phenoxy) is 1. The van der Waals surface area contributed by atoms with Gasteiger partial charge in [-0.3, -0.25) is 4.90 Å². The normalized spacial score (nSPS) is 23.6. The minimum absolute atomic E-state index is 0.0510. The van der Waals surface area contributed by atoms with Gasteiger partial charge in [0.25, 0.3) is 0 Å². The number of piperidine rings is 1. The molecule has 2 rings (SSSR count). The highest BCUT2D eigenvalue weighted by atomic mass is 16.5. The van der Waals surface area contributed by atoms with Gasteiger partial charge < -0.3 is 10.5 Å². The molecule has 2 atom stereocenters. The average Bonchev–Trinajstić information content (AvgIpc) is 2.45. The fraction of sp³-hybridized carbons (Fsp3) is 0.588. The Morgan fingerprint density at radius 1 is 1.38 bits per heavy atom. The number of methoxy groups -OCH3 is 1. The second-order valence-corrected chi connectivity index (χ2v) is 6.69. The fourth-order valence-electron chi connectivity index (χ4n) is 3.20. The van der Waals surface area contributed by atoms with E-state index in [2.05, 4.69) is 31.7 Å². The van der Waals surface area contributed by atoms with Gasteiger partial charge in [-0.25, -0.2) is 0 Å². The molecule has 0 spiro atoms. The van der Waals surface area contributed by atoms with E-state index in [0.717, 1.165) is 24.9 Å². The second-order valence-electron chi connectivity index (χ2n) is 6.69. The van der Waals surface area contributed by atoms with E-state index in [9.17, 15) is 5.26 Å². The highest BCUT2D eigenvalue weighted by molar-refractivity contribution is 5.46. The summed E-state index contributed by atoms with van der Waals surface area (Å²) in [7, 11) is 1.59. The molecule has 1 fully saturated rings. The fourth-order valence-corrected chi connectivity index (χ4v) is 3.20. The number of nitrogens with two attached hydrogens (primary N) is 1. The van der Waals surface area contributed by atoms with Crippen molar-refractivity contribution >= 4 is 0 Å². The Hall–Kier alpha value is -1.57. The van der Waals surface area contributed by atoms with E-state index in [-0.39, 0.29) is 17.6 Å². The first-order valence-corrected chi connectivity index (χ1v) is 7.49. The molecule has 1 saturated heterocycles. The minimum atomic E-state index is 0.0510. The molecule has 0 aromatic heterocycles. The van der Waals surface area contributed by atoms with Crippen LogP contribution in [0, 0.1) is 11.3 Å². The van der Waals surface area contributed by atoms with Gasteiger partial charge in [0.05, 0.1) is 18.7 Å². The predicted octanol–water partition coefficient (Wildman–Crippen LogP) is 2.83. The first kappa shape index (κ1) is 15.8.